The third-order valence-electron chi connectivity index (χ3n) is 6.30. The van der Waals surface area contributed by atoms with Gasteiger partial charge < -0.3 is 14.7 Å². The number of amides is 1. The minimum atomic E-state index is -0.153. The number of nitrogens with zero attached hydrogens (tertiary/aromatic N) is 5. The maximum atomic E-state index is 13.2. The Labute approximate surface area is 177 Å². The number of benzene rings is 2. The zero-order chi connectivity index (χ0) is 20.5. The van der Waals surface area contributed by atoms with Crippen molar-refractivity contribution in [3.8, 4) is 11.3 Å². The molecule has 0 saturated carbocycles. The van der Waals surface area contributed by atoms with Crippen molar-refractivity contribution in [3.63, 3.8) is 0 Å². The van der Waals surface area contributed by atoms with E-state index in [1.807, 2.05) is 17.2 Å². The lowest BCUT2D eigenvalue weighted by atomic mass is 10.1. The molecule has 3 heterocycles. The number of likely N-dealkylation sites (N-methyl/N-ethyl adjacent to an activating group) is 1. The summed E-state index contributed by atoms with van der Waals surface area (Å²) in [5, 5.41) is 2.41. The van der Waals surface area contributed by atoms with E-state index in [-0.39, 0.29) is 11.9 Å². The molecule has 0 radical (unpaired) electrons. The summed E-state index contributed by atoms with van der Waals surface area (Å²) < 4.78 is 0. The van der Waals surface area contributed by atoms with E-state index in [1.165, 1.54) is 10.8 Å². The fourth-order valence-electron chi connectivity index (χ4n) is 4.50. The van der Waals surface area contributed by atoms with Gasteiger partial charge in [-0.3, -0.25) is 4.79 Å². The van der Waals surface area contributed by atoms with Crippen molar-refractivity contribution in [2.45, 2.75) is 18.9 Å². The first-order chi connectivity index (χ1) is 14.7. The Kier molecular flexibility index (Phi) is 5.09. The molecule has 0 bridgehead atoms. The molecular weight excluding hydrogens is 374 g/mol. The quantitative estimate of drug-likeness (QED) is 0.675. The third kappa shape index (κ3) is 3.63. The van der Waals surface area contributed by atoms with Crippen LogP contribution in [0.3, 0.4) is 0 Å². The third-order valence-corrected chi connectivity index (χ3v) is 6.30. The molecule has 6 heteroatoms. The normalized spacial score (nSPS) is 20.1. The lowest BCUT2D eigenvalue weighted by molar-refractivity contribution is -0.134. The number of hydrogen-bond acceptors (Lipinski definition) is 5. The van der Waals surface area contributed by atoms with E-state index in [9.17, 15) is 4.79 Å². The first-order valence-electron chi connectivity index (χ1n) is 10.8. The van der Waals surface area contributed by atoms with Crippen LogP contribution < -0.4 is 4.90 Å². The van der Waals surface area contributed by atoms with Crippen LogP contribution in [0.25, 0.3) is 22.0 Å². The van der Waals surface area contributed by atoms with Crippen molar-refractivity contribution in [1.82, 2.24) is 19.8 Å². The maximum Gasteiger partial charge on any atom is 0.245 e. The summed E-state index contributed by atoms with van der Waals surface area (Å²) in [6.07, 6.45) is 3.67. The van der Waals surface area contributed by atoms with Gasteiger partial charge in [0.2, 0.25) is 11.9 Å². The van der Waals surface area contributed by atoms with Crippen molar-refractivity contribution < 1.29 is 4.79 Å². The van der Waals surface area contributed by atoms with Crippen molar-refractivity contribution in [3.05, 3.63) is 54.7 Å². The van der Waals surface area contributed by atoms with Crippen LogP contribution in [0.15, 0.2) is 54.7 Å². The molecule has 0 aliphatic carbocycles. The minimum Gasteiger partial charge on any atom is -0.338 e. The monoisotopic (exact) mass is 401 g/mol. The van der Waals surface area contributed by atoms with E-state index in [1.54, 1.807) is 0 Å². The first kappa shape index (κ1) is 19.0. The average Bonchev–Trinajstić information content (AvgIpc) is 3.29. The van der Waals surface area contributed by atoms with Gasteiger partial charge in [-0.2, -0.15) is 0 Å². The topological polar surface area (TPSA) is 52.6 Å². The van der Waals surface area contributed by atoms with Gasteiger partial charge >= 0.3 is 0 Å². The Morgan fingerprint density at radius 1 is 0.967 bits per heavy atom. The van der Waals surface area contributed by atoms with E-state index >= 15 is 0 Å². The number of piperazine rings is 1. The van der Waals surface area contributed by atoms with Crippen LogP contribution >= 0.6 is 0 Å². The highest BCUT2D eigenvalue weighted by atomic mass is 16.2. The molecule has 30 heavy (non-hydrogen) atoms. The largest absolute Gasteiger partial charge is 0.338 e. The van der Waals surface area contributed by atoms with Gasteiger partial charge in [0.25, 0.3) is 0 Å². The van der Waals surface area contributed by atoms with Crippen LogP contribution in [-0.2, 0) is 4.79 Å². The molecule has 1 amide bonds. The Balaban J connectivity index is 1.40. The molecular formula is C24H27N5O. The molecule has 154 valence electrons. The summed E-state index contributed by atoms with van der Waals surface area (Å²) >= 11 is 0. The molecule has 0 unspecified atom stereocenters. The number of aromatic nitrogens is 2. The van der Waals surface area contributed by atoms with Crippen LogP contribution in [0.4, 0.5) is 5.95 Å². The van der Waals surface area contributed by atoms with Gasteiger partial charge in [-0.1, -0.05) is 36.4 Å². The minimum absolute atomic E-state index is 0.153. The van der Waals surface area contributed by atoms with Gasteiger partial charge in [-0.05, 0) is 42.8 Å². The number of anilines is 1. The lowest BCUT2D eigenvalue weighted by Crippen LogP contribution is -2.53. The first-order valence-corrected chi connectivity index (χ1v) is 10.8. The van der Waals surface area contributed by atoms with Gasteiger partial charge in [-0.15, -0.1) is 0 Å². The van der Waals surface area contributed by atoms with E-state index in [0.717, 1.165) is 56.8 Å². The fraction of sp³-hybridized carbons (Fsp3) is 0.375. The summed E-state index contributed by atoms with van der Waals surface area (Å²) in [6, 6.07) is 16.5. The van der Waals surface area contributed by atoms with E-state index < -0.39 is 0 Å². The van der Waals surface area contributed by atoms with Crippen molar-refractivity contribution >= 4 is 22.6 Å². The highest BCUT2D eigenvalue weighted by Crippen LogP contribution is 2.28. The second-order valence-electron chi connectivity index (χ2n) is 8.28. The molecule has 2 aliphatic rings. The van der Waals surface area contributed by atoms with E-state index in [2.05, 4.69) is 64.3 Å². The molecule has 0 spiro atoms. The molecule has 2 fully saturated rings. The highest BCUT2D eigenvalue weighted by Gasteiger charge is 2.36. The van der Waals surface area contributed by atoms with Crippen LogP contribution in [0.1, 0.15) is 12.8 Å². The number of carbonyl (C=O) groups is 1. The number of fused-ring (bicyclic) bond motifs is 1. The molecule has 5 rings (SSSR count). The number of rotatable bonds is 3. The highest BCUT2D eigenvalue weighted by molar-refractivity contribution is 5.87. The second-order valence-corrected chi connectivity index (χ2v) is 8.28. The van der Waals surface area contributed by atoms with Crippen molar-refractivity contribution in [2.75, 3.05) is 44.7 Å². The SMILES string of the molecule is CN1CCN(C(=O)[C@@H]2CCCN2c2nccc(-c3ccc4ccccc4c3)n2)CC1. The zero-order valence-electron chi connectivity index (χ0n) is 17.4. The summed E-state index contributed by atoms with van der Waals surface area (Å²) in [4.78, 5) is 29.0. The molecule has 2 aromatic carbocycles. The van der Waals surface area contributed by atoms with E-state index in [0.29, 0.717) is 5.95 Å². The predicted molar refractivity (Wildman–Crippen MR) is 119 cm³/mol. The van der Waals surface area contributed by atoms with Gasteiger partial charge in [0, 0.05) is 44.5 Å². The van der Waals surface area contributed by atoms with Gasteiger partial charge in [0.1, 0.15) is 6.04 Å². The smallest absolute Gasteiger partial charge is 0.245 e. The molecule has 6 nitrogen and oxygen atoms in total. The van der Waals surface area contributed by atoms with Crippen LogP contribution in [0.5, 0.6) is 0 Å². The predicted octanol–water partition coefficient (Wildman–Crippen LogP) is 3.04. The standard InChI is InChI=1S/C24H27N5O/c1-27-13-15-28(16-14-27)23(30)22-7-4-12-29(22)24-25-11-10-21(26-24)20-9-8-18-5-2-3-6-19(18)17-20/h2-3,5-6,8-11,17,22H,4,7,12-16H2,1H3/t22-/m0/s1. The van der Waals surface area contributed by atoms with E-state index in [4.69, 9.17) is 4.98 Å². The molecule has 0 N–H and O–H groups in total. The summed E-state index contributed by atoms with van der Waals surface area (Å²) in [5.41, 5.74) is 1.96. The van der Waals surface area contributed by atoms with Crippen LogP contribution in [-0.4, -0.2) is 71.5 Å². The summed E-state index contributed by atoms with van der Waals surface area (Å²) in [7, 11) is 2.11. The lowest BCUT2D eigenvalue weighted by Gasteiger charge is -2.35. The average molecular weight is 402 g/mol. The van der Waals surface area contributed by atoms with Gasteiger partial charge in [-0.25, -0.2) is 9.97 Å². The Morgan fingerprint density at radius 2 is 1.77 bits per heavy atom. The summed E-state index contributed by atoms with van der Waals surface area (Å²) in [5.74, 6) is 0.881. The number of carbonyl (C=O) groups excluding carboxylic acids is 1. The van der Waals surface area contributed by atoms with Gasteiger partial charge in [0.05, 0.1) is 5.69 Å². The Morgan fingerprint density at radius 3 is 2.60 bits per heavy atom. The molecule has 1 atom stereocenters. The molecule has 3 aromatic rings. The van der Waals surface area contributed by atoms with Crippen LogP contribution in [0, 0.1) is 0 Å². The molecule has 2 aliphatic heterocycles. The summed E-state index contributed by atoms with van der Waals surface area (Å²) in [6.45, 7) is 4.31. The van der Waals surface area contributed by atoms with Crippen molar-refractivity contribution in [2.24, 2.45) is 0 Å². The van der Waals surface area contributed by atoms with Crippen molar-refractivity contribution in [1.29, 1.82) is 0 Å². The Bertz CT molecular complexity index is 1060. The fourth-order valence-corrected chi connectivity index (χ4v) is 4.50. The number of hydrogen-bond donors (Lipinski definition) is 0. The maximum absolute atomic E-state index is 13.2. The molecule has 2 saturated heterocycles. The molecule has 1 aromatic heterocycles. The Hall–Kier alpha value is -2.99. The van der Waals surface area contributed by atoms with Gasteiger partial charge in [0.15, 0.2) is 0 Å². The van der Waals surface area contributed by atoms with Crippen LogP contribution in [0.2, 0.25) is 0 Å². The second kappa shape index (κ2) is 8.03. The zero-order valence-corrected chi connectivity index (χ0v) is 17.4.